The van der Waals surface area contributed by atoms with Crippen molar-refractivity contribution in [3.05, 3.63) is 15.6 Å². The molecule has 0 spiro atoms. The average Bonchev–Trinajstić information content (AvgIpc) is 2.62. The fraction of sp³-hybridized carbons (Fsp3) is 0.786. The third-order valence-corrected chi connectivity index (χ3v) is 4.98. The summed E-state index contributed by atoms with van der Waals surface area (Å²) in [5, 5.41) is 4.90. The maximum Gasteiger partial charge on any atom is 0.0984 e. The number of rotatable bonds is 2. The van der Waals surface area contributed by atoms with Gasteiger partial charge in [-0.1, -0.05) is 27.2 Å². The molecule has 1 atom stereocenters. The van der Waals surface area contributed by atoms with Gasteiger partial charge in [-0.15, -0.1) is 11.3 Å². The van der Waals surface area contributed by atoms with E-state index in [1.54, 1.807) is 0 Å². The summed E-state index contributed by atoms with van der Waals surface area (Å²) in [5.74, 6) is 0. The first-order chi connectivity index (χ1) is 7.97. The van der Waals surface area contributed by atoms with Crippen molar-refractivity contribution in [3.8, 4) is 0 Å². The van der Waals surface area contributed by atoms with Crippen LogP contribution < -0.4 is 5.32 Å². The highest BCUT2D eigenvalue weighted by atomic mass is 32.1. The quantitative estimate of drug-likeness (QED) is 0.872. The summed E-state index contributed by atoms with van der Waals surface area (Å²) in [6.45, 7) is 10.1. The van der Waals surface area contributed by atoms with E-state index in [0.717, 1.165) is 0 Å². The molecule has 0 bridgehead atoms. The summed E-state index contributed by atoms with van der Waals surface area (Å²) in [5.41, 5.74) is 1.43. The summed E-state index contributed by atoms with van der Waals surface area (Å²) in [4.78, 5) is 6.22. The zero-order valence-electron chi connectivity index (χ0n) is 11.5. The van der Waals surface area contributed by atoms with Crippen LogP contribution in [0.2, 0.25) is 0 Å². The topological polar surface area (TPSA) is 24.9 Å². The predicted octanol–water partition coefficient (Wildman–Crippen LogP) is 3.43. The summed E-state index contributed by atoms with van der Waals surface area (Å²) >= 11 is 1.91. The second kappa shape index (κ2) is 5.07. The van der Waals surface area contributed by atoms with E-state index < -0.39 is 0 Å². The van der Waals surface area contributed by atoms with Crippen LogP contribution in [0.4, 0.5) is 0 Å². The van der Waals surface area contributed by atoms with E-state index >= 15 is 0 Å². The van der Waals surface area contributed by atoms with Gasteiger partial charge in [-0.25, -0.2) is 4.98 Å². The number of nitrogens with zero attached hydrogens (tertiary/aromatic N) is 1. The maximum atomic E-state index is 4.74. The Kier molecular flexibility index (Phi) is 3.88. The summed E-state index contributed by atoms with van der Waals surface area (Å²) in [6.07, 6.45) is 5.20. The monoisotopic (exact) mass is 252 g/mol. The van der Waals surface area contributed by atoms with Crippen LogP contribution in [0, 0.1) is 6.92 Å². The van der Waals surface area contributed by atoms with Gasteiger partial charge < -0.3 is 5.32 Å². The first-order valence-electron chi connectivity index (χ1n) is 6.67. The Labute approximate surface area is 109 Å². The average molecular weight is 252 g/mol. The molecule has 1 aliphatic heterocycles. The van der Waals surface area contributed by atoms with Crippen LogP contribution in [0.25, 0.3) is 0 Å². The Morgan fingerprint density at radius 2 is 2.12 bits per heavy atom. The highest BCUT2D eigenvalue weighted by molar-refractivity contribution is 7.11. The molecule has 2 rings (SSSR count). The summed E-state index contributed by atoms with van der Waals surface area (Å²) in [6, 6.07) is 0.677. The molecular formula is C14H24N2S. The normalized spacial score (nSPS) is 21.8. The predicted molar refractivity (Wildman–Crippen MR) is 74.9 cm³/mol. The Hall–Kier alpha value is -0.410. The lowest BCUT2D eigenvalue weighted by Gasteiger charge is -2.22. The third kappa shape index (κ3) is 3.29. The van der Waals surface area contributed by atoms with Gasteiger partial charge in [0, 0.05) is 16.3 Å². The SMILES string of the molecule is Cc1nc(C(C)(C)C)sc1CC1CCCCN1. The van der Waals surface area contributed by atoms with Crippen molar-refractivity contribution >= 4 is 11.3 Å². The molecule has 0 saturated carbocycles. The Balaban J connectivity index is 2.07. The fourth-order valence-electron chi connectivity index (χ4n) is 2.26. The maximum absolute atomic E-state index is 4.74. The fourth-order valence-corrected chi connectivity index (χ4v) is 3.46. The van der Waals surface area contributed by atoms with Gasteiger partial charge in [0.25, 0.3) is 0 Å². The van der Waals surface area contributed by atoms with E-state index in [1.807, 2.05) is 11.3 Å². The van der Waals surface area contributed by atoms with Crippen LogP contribution in [0.3, 0.4) is 0 Å². The molecule has 17 heavy (non-hydrogen) atoms. The van der Waals surface area contributed by atoms with E-state index in [4.69, 9.17) is 4.98 Å². The van der Waals surface area contributed by atoms with Gasteiger partial charge in [-0.05, 0) is 32.7 Å². The molecular weight excluding hydrogens is 228 g/mol. The molecule has 0 aromatic carbocycles. The van der Waals surface area contributed by atoms with Crippen LogP contribution in [0.15, 0.2) is 0 Å². The molecule has 3 heteroatoms. The highest BCUT2D eigenvalue weighted by Gasteiger charge is 2.22. The lowest BCUT2D eigenvalue weighted by Crippen LogP contribution is -2.35. The molecule has 0 aliphatic carbocycles. The van der Waals surface area contributed by atoms with Gasteiger partial charge in [0.05, 0.1) is 10.7 Å². The number of aromatic nitrogens is 1. The van der Waals surface area contributed by atoms with Crippen LogP contribution in [-0.4, -0.2) is 17.6 Å². The molecule has 1 N–H and O–H groups in total. The minimum Gasteiger partial charge on any atom is -0.314 e. The largest absolute Gasteiger partial charge is 0.314 e. The zero-order chi connectivity index (χ0) is 12.5. The molecule has 96 valence electrons. The number of thiazole rings is 1. The number of hydrogen-bond acceptors (Lipinski definition) is 3. The number of piperidine rings is 1. The minimum atomic E-state index is 0.188. The molecule has 0 amide bonds. The molecule has 1 aromatic rings. The van der Waals surface area contributed by atoms with Crippen molar-refractivity contribution < 1.29 is 0 Å². The van der Waals surface area contributed by atoms with Crippen molar-refractivity contribution in [1.82, 2.24) is 10.3 Å². The van der Waals surface area contributed by atoms with Crippen molar-refractivity contribution in [2.75, 3.05) is 6.54 Å². The minimum absolute atomic E-state index is 0.188. The second-order valence-electron chi connectivity index (χ2n) is 6.13. The lowest BCUT2D eigenvalue weighted by atomic mass is 9.98. The van der Waals surface area contributed by atoms with Gasteiger partial charge in [-0.3, -0.25) is 0 Å². The molecule has 0 radical (unpaired) electrons. The second-order valence-corrected chi connectivity index (χ2v) is 7.21. The van der Waals surface area contributed by atoms with E-state index in [-0.39, 0.29) is 5.41 Å². The van der Waals surface area contributed by atoms with Gasteiger partial charge in [0.15, 0.2) is 0 Å². The molecule has 1 aliphatic rings. The first-order valence-corrected chi connectivity index (χ1v) is 7.48. The van der Waals surface area contributed by atoms with Crippen molar-refractivity contribution in [2.45, 2.75) is 64.8 Å². The van der Waals surface area contributed by atoms with Crippen LogP contribution in [0.1, 0.15) is 55.6 Å². The Morgan fingerprint density at radius 3 is 2.65 bits per heavy atom. The van der Waals surface area contributed by atoms with Gasteiger partial charge in [0.1, 0.15) is 0 Å². The van der Waals surface area contributed by atoms with E-state index in [1.165, 1.54) is 47.8 Å². The molecule has 2 nitrogen and oxygen atoms in total. The Bertz CT molecular complexity index is 370. The molecule has 1 fully saturated rings. The molecule has 1 saturated heterocycles. The van der Waals surface area contributed by atoms with Gasteiger partial charge >= 0.3 is 0 Å². The van der Waals surface area contributed by atoms with E-state index in [9.17, 15) is 0 Å². The van der Waals surface area contributed by atoms with E-state index in [0.29, 0.717) is 6.04 Å². The highest BCUT2D eigenvalue weighted by Crippen LogP contribution is 2.30. The van der Waals surface area contributed by atoms with Crippen molar-refractivity contribution in [1.29, 1.82) is 0 Å². The number of aryl methyl sites for hydroxylation is 1. The molecule has 2 heterocycles. The van der Waals surface area contributed by atoms with E-state index in [2.05, 4.69) is 33.0 Å². The zero-order valence-corrected chi connectivity index (χ0v) is 12.3. The van der Waals surface area contributed by atoms with Crippen LogP contribution in [-0.2, 0) is 11.8 Å². The standard InChI is InChI=1S/C14H24N2S/c1-10-12(9-11-7-5-6-8-15-11)17-13(16-10)14(2,3)4/h11,15H,5-9H2,1-4H3. The molecule has 1 unspecified atom stereocenters. The van der Waals surface area contributed by atoms with Gasteiger partial charge in [-0.2, -0.15) is 0 Å². The van der Waals surface area contributed by atoms with Crippen molar-refractivity contribution in [2.24, 2.45) is 0 Å². The van der Waals surface area contributed by atoms with Crippen LogP contribution in [0.5, 0.6) is 0 Å². The third-order valence-electron chi connectivity index (χ3n) is 3.38. The first kappa shape index (κ1) is 13.0. The Morgan fingerprint density at radius 1 is 1.35 bits per heavy atom. The lowest BCUT2D eigenvalue weighted by molar-refractivity contribution is 0.400. The summed E-state index contributed by atoms with van der Waals surface area (Å²) < 4.78 is 0. The molecule has 1 aromatic heterocycles. The smallest absolute Gasteiger partial charge is 0.0984 e. The summed E-state index contributed by atoms with van der Waals surface area (Å²) in [7, 11) is 0. The van der Waals surface area contributed by atoms with Gasteiger partial charge in [0.2, 0.25) is 0 Å². The van der Waals surface area contributed by atoms with Crippen molar-refractivity contribution in [3.63, 3.8) is 0 Å². The number of hydrogen-bond donors (Lipinski definition) is 1. The van der Waals surface area contributed by atoms with Crippen LogP contribution >= 0.6 is 11.3 Å². The number of nitrogens with one attached hydrogen (secondary N) is 1.